The number of carboxylic acids is 1. The molecule has 17 heavy (non-hydrogen) atoms. The molecule has 0 saturated carbocycles. The first-order valence-corrected chi connectivity index (χ1v) is 5.40. The average Bonchev–Trinajstić information content (AvgIpc) is 2.29. The molecular weight excluding hydrogens is 222 g/mol. The second-order valence-corrected chi connectivity index (χ2v) is 4.09. The van der Waals surface area contributed by atoms with Gasteiger partial charge in [0.05, 0.1) is 6.04 Å². The van der Waals surface area contributed by atoms with Crippen molar-refractivity contribution in [1.29, 1.82) is 0 Å². The number of aliphatic carboxylic acids is 1. The van der Waals surface area contributed by atoms with Crippen LogP contribution in [0.3, 0.4) is 0 Å². The topological polar surface area (TPSA) is 86.6 Å². The van der Waals surface area contributed by atoms with Crippen molar-refractivity contribution in [3.05, 3.63) is 29.8 Å². The molecule has 1 aliphatic heterocycles. The molecule has 1 amide bonds. The smallest absolute Gasteiger partial charge is 0.316 e. The van der Waals surface area contributed by atoms with Crippen LogP contribution in [0.25, 0.3) is 0 Å². The third-order valence-electron chi connectivity index (χ3n) is 2.99. The van der Waals surface area contributed by atoms with E-state index in [0.717, 1.165) is 0 Å². The second kappa shape index (κ2) is 4.45. The van der Waals surface area contributed by atoms with Crippen LogP contribution >= 0.6 is 0 Å². The summed E-state index contributed by atoms with van der Waals surface area (Å²) in [4.78, 5) is 22.3. The monoisotopic (exact) mass is 235 g/mol. The molecule has 2 rings (SSSR count). The Bertz CT molecular complexity index is 458. The molecule has 1 aliphatic rings. The molecule has 5 nitrogen and oxygen atoms in total. The van der Waals surface area contributed by atoms with E-state index in [2.05, 4.69) is 5.32 Å². The lowest BCUT2D eigenvalue weighted by molar-refractivity contribution is -0.148. The van der Waals surface area contributed by atoms with E-state index >= 15 is 0 Å². The molecule has 0 radical (unpaired) electrons. The number of para-hydroxylation sites is 1. The third-order valence-corrected chi connectivity index (χ3v) is 2.99. The summed E-state index contributed by atoms with van der Waals surface area (Å²) < 4.78 is 0. The molecule has 1 aromatic rings. The van der Waals surface area contributed by atoms with E-state index in [1.807, 2.05) is 0 Å². The molecule has 0 spiro atoms. The molecule has 5 heteroatoms. The zero-order valence-corrected chi connectivity index (χ0v) is 9.09. The van der Waals surface area contributed by atoms with E-state index in [1.54, 1.807) is 24.3 Å². The van der Waals surface area contributed by atoms with E-state index in [0.29, 0.717) is 18.4 Å². The molecule has 2 unspecified atom stereocenters. The Morgan fingerprint density at radius 3 is 2.59 bits per heavy atom. The lowest BCUT2D eigenvalue weighted by Crippen LogP contribution is -2.42. The number of carbonyl (C=O) groups is 2. The third kappa shape index (κ3) is 2.22. The zero-order valence-electron chi connectivity index (χ0n) is 9.09. The molecule has 90 valence electrons. The maximum Gasteiger partial charge on any atom is 0.316 e. The first kappa shape index (κ1) is 11.4. The number of amides is 1. The van der Waals surface area contributed by atoms with E-state index in [1.165, 1.54) is 0 Å². The summed E-state index contributed by atoms with van der Waals surface area (Å²) in [5, 5.41) is 21.1. The first-order valence-electron chi connectivity index (χ1n) is 5.40. The van der Waals surface area contributed by atoms with Gasteiger partial charge in [-0.05, 0) is 18.9 Å². The minimum Gasteiger partial charge on any atom is -0.508 e. The maximum atomic E-state index is 11.6. The predicted octanol–water partition coefficient (Wildman–Crippen LogP) is 1.04. The molecule has 0 aromatic heterocycles. The normalized spacial score (nSPS) is 24.1. The standard InChI is InChI=1S/C12H13NO4/c14-10-4-2-1-3-7(10)9-6-5-8(12(16)17)11(15)13-9/h1-4,8-9,14H,5-6H2,(H,13,15)(H,16,17). The maximum absolute atomic E-state index is 11.6. The summed E-state index contributed by atoms with van der Waals surface area (Å²) in [6.07, 6.45) is 0.806. The van der Waals surface area contributed by atoms with Crippen LogP contribution in [0.5, 0.6) is 5.75 Å². The van der Waals surface area contributed by atoms with Crippen LogP contribution in [-0.4, -0.2) is 22.1 Å². The van der Waals surface area contributed by atoms with Gasteiger partial charge < -0.3 is 15.5 Å². The Morgan fingerprint density at radius 1 is 1.29 bits per heavy atom. The van der Waals surface area contributed by atoms with E-state index in [4.69, 9.17) is 5.11 Å². The van der Waals surface area contributed by atoms with E-state index in [9.17, 15) is 14.7 Å². The number of hydrogen-bond acceptors (Lipinski definition) is 3. The number of piperidine rings is 1. The molecule has 2 atom stereocenters. The molecule has 1 saturated heterocycles. The van der Waals surface area contributed by atoms with Crippen molar-refractivity contribution < 1.29 is 19.8 Å². The Labute approximate surface area is 98.1 Å². The fraction of sp³-hybridized carbons (Fsp3) is 0.333. The van der Waals surface area contributed by atoms with Gasteiger partial charge in [0, 0.05) is 5.56 Å². The van der Waals surface area contributed by atoms with Crippen molar-refractivity contribution in [3.63, 3.8) is 0 Å². The van der Waals surface area contributed by atoms with Crippen LogP contribution < -0.4 is 5.32 Å². The number of benzene rings is 1. The van der Waals surface area contributed by atoms with Crippen LogP contribution in [0.1, 0.15) is 24.4 Å². The van der Waals surface area contributed by atoms with E-state index < -0.39 is 17.8 Å². The van der Waals surface area contributed by atoms with Crippen molar-refractivity contribution in [1.82, 2.24) is 5.32 Å². The van der Waals surface area contributed by atoms with Crippen LogP contribution in [0.4, 0.5) is 0 Å². The molecular formula is C12H13NO4. The van der Waals surface area contributed by atoms with Gasteiger partial charge in [0.1, 0.15) is 11.7 Å². The molecule has 1 fully saturated rings. The fourth-order valence-corrected chi connectivity index (χ4v) is 2.06. The number of carbonyl (C=O) groups excluding carboxylic acids is 1. The van der Waals surface area contributed by atoms with Gasteiger partial charge in [-0.25, -0.2) is 0 Å². The van der Waals surface area contributed by atoms with Gasteiger partial charge in [0.2, 0.25) is 5.91 Å². The molecule has 0 bridgehead atoms. The summed E-state index contributed by atoms with van der Waals surface area (Å²) in [6.45, 7) is 0. The number of phenols is 1. The zero-order chi connectivity index (χ0) is 12.4. The van der Waals surface area contributed by atoms with Crippen LogP contribution in [-0.2, 0) is 9.59 Å². The second-order valence-electron chi connectivity index (χ2n) is 4.09. The minimum atomic E-state index is -1.10. The van der Waals surface area contributed by atoms with Gasteiger partial charge in [-0.2, -0.15) is 0 Å². The lowest BCUT2D eigenvalue weighted by Gasteiger charge is -2.27. The van der Waals surface area contributed by atoms with Crippen LogP contribution in [0, 0.1) is 5.92 Å². The SMILES string of the molecule is O=C(O)C1CCC(c2ccccc2O)NC1=O. The van der Waals surface area contributed by atoms with Gasteiger partial charge in [-0.1, -0.05) is 18.2 Å². The number of aromatic hydroxyl groups is 1. The Balaban J connectivity index is 2.15. The first-order chi connectivity index (χ1) is 8.09. The number of phenolic OH excluding ortho intramolecular Hbond substituents is 1. The molecule has 1 heterocycles. The summed E-state index contributed by atoms with van der Waals surface area (Å²) >= 11 is 0. The highest BCUT2D eigenvalue weighted by Crippen LogP contribution is 2.31. The highest BCUT2D eigenvalue weighted by Gasteiger charge is 2.34. The average molecular weight is 235 g/mol. The van der Waals surface area contributed by atoms with Gasteiger partial charge in [0.15, 0.2) is 0 Å². The number of hydrogen-bond donors (Lipinski definition) is 3. The minimum absolute atomic E-state index is 0.117. The number of carboxylic acid groups (broad SMARTS) is 1. The molecule has 3 N–H and O–H groups in total. The highest BCUT2D eigenvalue weighted by molar-refractivity contribution is 5.97. The summed E-state index contributed by atoms with van der Waals surface area (Å²) in [6, 6.07) is 6.43. The fourth-order valence-electron chi connectivity index (χ4n) is 2.06. The van der Waals surface area contributed by atoms with Crippen molar-refractivity contribution in [2.24, 2.45) is 5.92 Å². The van der Waals surface area contributed by atoms with Crippen molar-refractivity contribution in [3.8, 4) is 5.75 Å². The van der Waals surface area contributed by atoms with Crippen molar-refractivity contribution in [2.45, 2.75) is 18.9 Å². The van der Waals surface area contributed by atoms with Gasteiger partial charge in [-0.3, -0.25) is 9.59 Å². The van der Waals surface area contributed by atoms with Crippen molar-refractivity contribution >= 4 is 11.9 Å². The quantitative estimate of drug-likeness (QED) is 0.668. The van der Waals surface area contributed by atoms with Gasteiger partial charge in [0.25, 0.3) is 0 Å². The number of rotatable bonds is 2. The largest absolute Gasteiger partial charge is 0.508 e. The molecule has 1 aromatic carbocycles. The number of nitrogens with one attached hydrogen (secondary N) is 1. The highest BCUT2D eigenvalue weighted by atomic mass is 16.4. The van der Waals surface area contributed by atoms with Gasteiger partial charge >= 0.3 is 5.97 Å². The summed E-state index contributed by atoms with van der Waals surface area (Å²) in [5.41, 5.74) is 0.629. The summed E-state index contributed by atoms with van der Waals surface area (Å²) in [5.74, 6) is -2.45. The summed E-state index contributed by atoms with van der Waals surface area (Å²) in [7, 11) is 0. The Morgan fingerprint density at radius 2 is 2.00 bits per heavy atom. The van der Waals surface area contributed by atoms with Gasteiger partial charge in [-0.15, -0.1) is 0 Å². The Kier molecular flexibility index (Phi) is 2.99. The van der Waals surface area contributed by atoms with Crippen LogP contribution in [0.15, 0.2) is 24.3 Å². The lowest BCUT2D eigenvalue weighted by atomic mass is 9.90. The van der Waals surface area contributed by atoms with Crippen molar-refractivity contribution in [2.75, 3.05) is 0 Å². The van der Waals surface area contributed by atoms with Crippen LogP contribution in [0.2, 0.25) is 0 Å². The molecule has 0 aliphatic carbocycles. The predicted molar refractivity (Wildman–Crippen MR) is 59.4 cm³/mol. The van der Waals surface area contributed by atoms with E-state index in [-0.39, 0.29) is 11.8 Å². The Hall–Kier alpha value is -2.04.